The maximum atomic E-state index is 11.8. The molecule has 0 radical (unpaired) electrons. The van der Waals surface area contributed by atoms with Gasteiger partial charge in [-0.15, -0.1) is 0 Å². The zero-order valence-electron chi connectivity index (χ0n) is 10.1. The molecular weight excluding hydrogens is 216 g/mol. The monoisotopic (exact) mass is 234 g/mol. The Balaban J connectivity index is 2.04. The molecule has 17 heavy (non-hydrogen) atoms. The van der Waals surface area contributed by atoms with Gasteiger partial charge in [0.05, 0.1) is 0 Å². The fourth-order valence-corrected chi connectivity index (χ4v) is 1.98. The van der Waals surface area contributed by atoms with Crippen LogP contribution >= 0.6 is 0 Å². The minimum atomic E-state index is -0.265. The van der Waals surface area contributed by atoms with Crippen LogP contribution in [0.4, 0.5) is 10.5 Å². The van der Waals surface area contributed by atoms with Crippen molar-refractivity contribution in [2.24, 2.45) is 5.73 Å². The molecule has 2 N–H and O–H groups in total. The summed E-state index contributed by atoms with van der Waals surface area (Å²) in [6.07, 6.45) is 1.30. The number of nitrogens with zero attached hydrogens (tertiary/aromatic N) is 1. The van der Waals surface area contributed by atoms with Crippen LogP contribution in [0.3, 0.4) is 0 Å². The topological polar surface area (TPSA) is 55.6 Å². The molecule has 1 heterocycles. The van der Waals surface area contributed by atoms with Crippen molar-refractivity contribution in [3.63, 3.8) is 0 Å². The van der Waals surface area contributed by atoms with Crippen LogP contribution in [0.15, 0.2) is 24.3 Å². The summed E-state index contributed by atoms with van der Waals surface area (Å²) >= 11 is 0. The van der Waals surface area contributed by atoms with Crippen molar-refractivity contribution in [2.45, 2.75) is 25.9 Å². The summed E-state index contributed by atoms with van der Waals surface area (Å²) in [4.78, 5) is 13.5. The van der Waals surface area contributed by atoms with Crippen LogP contribution in [-0.4, -0.2) is 25.3 Å². The number of rotatable bonds is 3. The second-order valence-corrected chi connectivity index (χ2v) is 4.36. The third-order valence-electron chi connectivity index (χ3n) is 3.00. The first-order valence-electron chi connectivity index (χ1n) is 5.95. The molecule has 1 amide bonds. The smallest absolute Gasteiger partial charge is 0.414 e. The van der Waals surface area contributed by atoms with Gasteiger partial charge in [0.25, 0.3) is 0 Å². The molecule has 1 aliphatic heterocycles. The Morgan fingerprint density at radius 3 is 2.71 bits per heavy atom. The van der Waals surface area contributed by atoms with Crippen LogP contribution in [0.25, 0.3) is 0 Å². The Bertz CT molecular complexity index is 389. The van der Waals surface area contributed by atoms with Crippen molar-refractivity contribution >= 4 is 11.8 Å². The van der Waals surface area contributed by atoms with Gasteiger partial charge < -0.3 is 10.5 Å². The molecule has 1 aromatic rings. The third kappa shape index (κ3) is 2.77. The highest BCUT2D eigenvalue weighted by Gasteiger charge is 2.27. The summed E-state index contributed by atoms with van der Waals surface area (Å²) in [5.74, 6) is 0. The van der Waals surface area contributed by atoms with E-state index in [-0.39, 0.29) is 12.2 Å². The number of ether oxygens (including phenoxy) is 1. The van der Waals surface area contributed by atoms with Crippen LogP contribution in [-0.2, 0) is 4.74 Å². The van der Waals surface area contributed by atoms with Gasteiger partial charge in [-0.2, -0.15) is 0 Å². The molecule has 0 spiro atoms. The van der Waals surface area contributed by atoms with E-state index < -0.39 is 0 Å². The average Bonchev–Trinajstić information content (AvgIpc) is 2.31. The Morgan fingerprint density at radius 2 is 2.12 bits per heavy atom. The molecule has 92 valence electrons. The molecule has 4 heteroatoms. The van der Waals surface area contributed by atoms with E-state index in [0.29, 0.717) is 13.1 Å². The molecular formula is C13H18N2O2. The van der Waals surface area contributed by atoms with Crippen LogP contribution in [0.5, 0.6) is 0 Å². The zero-order valence-corrected chi connectivity index (χ0v) is 10.1. The summed E-state index contributed by atoms with van der Waals surface area (Å²) in [7, 11) is 0. The van der Waals surface area contributed by atoms with Crippen molar-refractivity contribution < 1.29 is 9.53 Å². The number of carbonyl (C=O) groups excluding carboxylic acids is 1. The minimum Gasteiger partial charge on any atom is -0.446 e. The second-order valence-electron chi connectivity index (χ2n) is 4.36. The summed E-state index contributed by atoms with van der Waals surface area (Å²) in [6.45, 7) is 3.28. The lowest BCUT2D eigenvalue weighted by molar-refractivity contribution is 0.0807. The molecule has 4 nitrogen and oxygen atoms in total. The minimum absolute atomic E-state index is 0.0193. The zero-order chi connectivity index (χ0) is 12.3. The van der Waals surface area contributed by atoms with Crippen molar-refractivity contribution in [3.8, 4) is 0 Å². The predicted molar refractivity (Wildman–Crippen MR) is 67.1 cm³/mol. The second kappa shape index (κ2) is 5.19. The van der Waals surface area contributed by atoms with Gasteiger partial charge in [0, 0.05) is 18.7 Å². The standard InChI is InChI=1S/C13H18N2O2/c1-10-2-4-11(5-3-10)15-9-7-12(6-8-14)17-13(15)16/h2-5,12H,6-9,14H2,1H3. The van der Waals surface area contributed by atoms with Crippen LogP contribution in [0.1, 0.15) is 18.4 Å². The van der Waals surface area contributed by atoms with E-state index in [9.17, 15) is 4.79 Å². The molecule has 1 fully saturated rings. The first-order valence-corrected chi connectivity index (χ1v) is 5.95. The fraction of sp³-hybridized carbons (Fsp3) is 0.462. The van der Waals surface area contributed by atoms with Crippen LogP contribution in [0, 0.1) is 6.92 Å². The highest BCUT2D eigenvalue weighted by Crippen LogP contribution is 2.22. The summed E-state index contributed by atoms with van der Waals surface area (Å²) < 4.78 is 5.33. The number of amides is 1. The average molecular weight is 234 g/mol. The molecule has 1 saturated heterocycles. The number of hydrogen-bond acceptors (Lipinski definition) is 3. The third-order valence-corrected chi connectivity index (χ3v) is 3.00. The lowest BCUT2D eigenvalue weighted by Crippen LogP contribution is -2.42. The fourth-order valence-electron chi connectivity index (χ4n) is 1.98. The largest absolute Gasteiger partial charge is 0.446 e. The Hall–Kier alpha value is -1.55. The Kier molecular flexibility index (Phi) is 3.64. The number of carbonyl (C=O) groups is 1. The molecule has 0 aromatic heterocycles. The number of aryl methyl sites for hydroxylation is 1. The number of hydrogen-bond donors (Lipinski definition) is 1. The van der Waals surface area contributed by atoms with E-state index in [1.165, 1.54) is 5.56 Å². The van der Waals surface area contributed by atoms with E-state index in [2.05, 4.69) is 0 Å². The summed E-state index contributed by atoms with van der Waals surface area (Å²) in [6, 6.07) is 7.88. The Morgan fingerprint density at radius 1 is 1.41 bits per heavy atom. The van der Waals surface area contributed by atoms with E-state index in [4.69, 9.17) is 10.5 Å². The molecule has 1 aromatic carbocycles. The molecule has 1 atom stereocenters. The van der Waals surface area contributed by atoms with E-state index >= 15 is 0 Å². The molecule has 2 rings (SSSR count). The van der Waals surface area contributed by atoms with E-state index in [1.54, 1.807) is 4.90 Å². The lowest BCUT2D eigenvalue weighted by atomic mass is 10.1. The first-order chi connectivity index (χ1) is 8.20. The van der Waals surface area contributed by atoms with Crippen molar-refractivity contribution in [3.05, 3.63) is 29.8 Å². The van der Waals surface area contributed by atoms with Gasteiger partial charge in [-0.1, -0.05) is 17.7 Å². The lowest BCUT2D eigenvalue weighted by Gasteiger charge is -2.31. The van der Waals surface area contributed by atoms with Gasteiger partial charge in [-0.25, -0.2) is 4.79 Å². The van der Waals surface area contributed by atoms with Gasteiger partial charge in [0.15, 0.2) is 0 Å². The first kappa shape index (κ1) is 11.9. The molecule has 0 bridgehead atoms. The van der Waals surface area contributed by atoms with Crippen molar-refractivity contribution in [1.29, 1.82) is 0 Å². The number of cyclic esters (lactones) is 1. The van der Waals surface area contributed by atoms with Gasteiger partial charge >= 0.3 is 6.09 Å². The highest BCUT2D eigenvalue weighted by atomic mass is 16.6. The van der Waals surface area contributed by atoms with Crippen molar-refractivity contribution in [1.82, 2.24) is 0 Å². The highest BCUT2D eigenvalue weighted by molar-refractivity contribution is 5.88. The van der Waals surface area contributed by atoms with Crippen LogP contribution < -0.4 is 10.6 Å². The normalized spacial score (nSPS) is 20.2. The number of nitrogens with two attached hydrogens (primary N) is 1. The van der Waals surface area contributed by atoms with Crippen LogP contribution in [0.2, 0.25) is 0 Å². The molecule has 0 aliphatic carbocycles. The summed E-state index contributed by atoms with van der Waals surface area (Å²) in [5.41, 5.74) is 7.54. The van der Waals surface area contributed by atoms with Gasteiger partial charge in [0.2, 0.25) is 0 Å². The Labute approximate surface area is 101 Å². The maximum absolute atomic E-state index is 11.8. The molecule has 0 saturated carbocycles. The predicted octanol–water partition coefficient (Wildman–Crippen LogP) is 2.06. The van der Waals surface area contributed by atoms with E-state index in [0.717, 1.165) is 18.5 Å². The van der Waals surface area contributed by atoms with Gasteiger partial charge in [-0.3, -0.25) is 4.90 Å². The number of anilines is 1. The quantitative estimate of drug-likeness (QED) is 0.871. The number of benzene rings is 1. The van der Waals surface area contributed by atoms with E-state index in [1.807, 2.05) is 31.2 Å². The molecule has 1 unspecified atom stereocenters. The van der Waals surface area contributed by atoms with Crippen molar-refractivity contribution in [2.75, 3.05) is 18.0 Å². The summed E-state index contributed by atoms with van der Waals surface area (Å²) in [5, 5.41) is 0. The SMILES string of the molecule is Cc1ccc(N2CCC(CCN)OC2=O)cc1. The maximum Gasteiger partial charge on any atom is 0.414 e. The van der Waals surface area contributed by atoms with Gasteiger partial charge in [0.1, 0.15) is 6.10 Å². The van der Waals surface area contributed by atoms with Gasteiger partial charge in [-0.05, 0) is 32.0 Å². The molecule has 1 aliphatic rings.